The monoisotopic (exact) mass is 241 g/mol. The number of nitrogens with one attached hydrogen (secondary N) is 1. The summed E-state index contributed by atoms with van der Waals surface area (Å²) in [5, 5.41) is 9.65. The number of anilines is 2. The third-order valence-corrected chi connectivity index (χ3v) is 2.28. The van der Waals surface area contributed by atoms with Crippen molar-refractivity contribution in [2.75, 3.05) is 37.6 Å². The second-order valence-corrected chi connectivity index (χ2v) is 3.83. The lowest BCUT2D eigenvalue weighted by atomic mass is 10.3. The molecule has 0 bridgehead atoms. The van der Waals surface area contributed by atoms with E-state index in [9.17, 15) is 5.11 Å². The van der Waals surface area contributed by atoms with Gasteiger partial charge in [-0.05, 0) is 6.92 Å². The molecule has 0 fully saturated rings. The third kappa shape index (κ3) is 3.81. The van der Waals surface area contributed by atoms with Gasteiger partial charge in [0.25, 0.3) is 0 Å². The predicted molar refractivity (Wildman–Crippen MR) is 65.7 cm³/mol. The highest BCUT2D eigenvalue weighted by atomic mass is 16.5. The van der Waals surface area contributed by atoms with Gasteiger partial charge in [-0.25, -0.2) is 10.8 Å². The molecule has 1 unspecified atom stereocenters. The van der Waals surface area contributed by atoms with Crippen LogP contribution in [-0.4, -0.2) is 48.5 Å². The van der Waals surface area contributed by atoms with Crippen LogP contribution in [0, 0.1) is 6.92 Å². The molecule has 0 aliphatic rings. The van der Waals surface area contributed by atoms with E-state index in [1.165, 1.54) is 0 Å². The molecule has 1 atom stereocenters. The number of hydrazine groups is 1. The number of aliphatic hydroxyl groups is 1. The summed E-state index contributed by atoms with van der Waals surface area (Å²) in [6, 6.07) is 0. The molecule has 1 heterocycles. The predicted octanol–water partition coefficient (Wildman–Crippen LogP) is -0.486. The van der Waals surface area contributed by atoms with Crippen LogP contribution in [0.2, 0.25) is 0 Å². The number of ether oxygens (including phenoxy) is 1. The van der Waals surface area contributed by atoms with Crippen LogP contribution in [0.15, 0.2) is 6.20 Å². The van der Waals surface area contributed by atoms with E-state index in [-0.39, 0.29) is 6.61 Å². The average Bonchev–Trinajstić information content (AvgIpc) is 2.29. The molecule has 1 aromatic heterocycles. The van der Waals surface area contributed by atoms with Gasteiger partial charge in [-0.3, -0.25) is 5.43 Å². The van der Waals surface area contributed by atoms with Gasteiger partial charge in [-0.2, -0.15) is 4.98 Å². The molecule has 0 aliphatic carbocycles. The number of nitrogens with two attached hydrogens (primary N) is 1. The normalized spacial score (nSPS) is 12.3. The molecule has 17 heavy (non-hydrogen) atoms. The Morgan fingerprint density at radius 3 is 2.94 bits per heavy atom. The van der Waals surface area contributed by atoms with Crippen molar-refractivity contribution in [2.24, 2.45) is 5.84 Å². The first-order valence-electron chi connectivity index (χ1n) is 5.27. The summed E-state index contributed by atoms with van der Waals surface area (Å²) in [7, 11) is 3.39. The first-order valence-corrected chi connectivity index (χ1v) is 5.27. The van der Waals surface area contributed by atoms with E-state index < -0.39 is 6.10 Å². The highest BCUT2D eigenvalue weighted by Gasteiger charge is 2.12. The van der Waals surface area contributed by atoms with Crippen LogP contribution in [0.1, 0.15) is 5.56 Å². The zero-order valence-electron chi connectivity index (χ0n) is 10.3. The summed E-state index contributed by atoms with van der Waals surface area (Å²) >= 11 is 0. The quantitative estimate of drug-likeness (QED) is 0.457. The Hall–Kier alpha value is -1.44. The highest BCUT2D eigenvalue weighted by Crippen LogP contribution is 2.16. The number of nitrogens with zero attached hydrogens (tertiary/aromatic N) is 3. The lowest BCUT2D eigenvalue weighted by Crippen LogP contribution is -2.33. The molecule has 7 nitrogen and oxygen atoms in total. The van der Waals surface area contributed by atoms with Crippen LogP contribution in [0.3, 0.4) is 0 Å². The smallest absolute Gasteiger partial charge is 0.239 e. The minimum atomic E-state index is -0.561. The van der Waals surface area contributed by atoms with Gasteiger partial charge >= 0.3 is 0 Å². The molecule has 0 aliphatic heterocycles. The molecule has 0 saturated heterocycles. The lowest BCUT2D eigenvalue weighted by molar-refractivity contribution is 0.0694. The maximum atomic E-state index is 9.65. The fourth-order valence-corrected chi connectivity index (χ4v) is 1.54. The second-order valence-electron chi connectivity index (χ2n) is 3.83. The van der Waals surface area contributed by atoms with Gasteiger partial charge in [0.1, 0.15) is 5.82 Å². The Bertz CT molecular complexity index is 361. The van der Waals surface area contributed by atoms with E-state index in [1.54, 1.807) is 13.3 Å². The fraction of sp³-hybridized carbons (Fsp3) is 0.600. The molecular formula is C10H19N5O2. The number of rotatable bonds is 6. The maximum Gasteiger partial charge on any atom is 0.239 e. The summed E-state index contributed by atoms with van der Waals surface area (Å²) < 4.78 is 4.87. The number of hydrogen-bond acceptors (Lipinski definition) is 7. The summed E-state index contributed by atoms with van der Waals surface area (Å²) in [5.41, 5.74) is 3.30. The van der Waals surface area contributed by atoms with Crippen molar-refractivity contribution in [1.82, 2.24) is 9.97 Å². The molecule has 96 valence electrons. The molecule has 0 amide bonds. The standard InChI is InChI=1S/C10H19N5O2/c1-7-4-12-10(14-11)13-9(7)15(2)5-8(16)6-17-3/h4,8,16H,5-6,11H2,1-3H3,(H,12,13,14). The van der Waals surface area contributed by atoms with E-state index >= 15 is 0 Å². The molecule has 1 rings (SSSR count). The third-order valence-electron chi connectivity index (χ3n) is 2.28. The second kappa shape index (κ2) is 6.33. The van der Waals surface area contributed by atoms with E-state index in [0.29, 0.717) is 12.5 Å². The molecule has 0 saturated carbocycles. The Labute approximate surface area is 101 Å². The van der Waals surface area contributed by atoms with Gasteiger partial charge < -0.3 is 14.7 Å². The minimum absolute atomic E-state index is 0.288. The number of aliphatic hydroxyl groups excluding tert-OH is 1. The zero-order chi connectivity index (χ0) is 12.8. The molecule has 0 spiro atoms. The molecule has 0 radical (unpaired) electrons. The molecule has 1 aromatic rings. The van der Waals surface area contributed by atoms with Crippen molar-refractivity contribution in [2.45, 2.75) is 13.0 Å². The number of nitrogen functional groups attached to an aromatic ring is 1. The number of methoxy groups -OCH3 is 1. The first kappa shape index (κ1) is 13.6. The van der Waals surface area contributed by atoms with Crippen LogP contribution in [0.5, 0.6) is 0 Å². The van der Waals surface area contributed by atoms with Gasteiger partial charge in [0.2, 0.25) is 5.95 Å². The van der Waals surface area contributed by atoms with Crippen LogP contribution in [0.25, 0.3) is 0 Å². The van der Waals surface area contributed by atoms with Crippen molar-refractivity contribution >= 4 is 11.8 Å². The van der Waals surface area contributed by atoms with Crippen molar-refractivity contribution in [3.63, 3.8) is 0 Å². The first-order chi connectivity index (χ1) is 8.08. The summed E-state index contributed by atoms with van der Waals surface area (Å²) in [6.45, 7) is 2.61. The van der Waals surface area contributed by atoms with Gasteiger partial charge in [-0.1, -0.05) is 0 Å². The fourth-order valence-electron chi connectivity index (χ4n) is 1.54. The molecule has 4 N–H and O–H groups in total. The van der Waals surface area contributed by atoms with Crippen LogP contribution >= 0.6 is 0 Å². The maximum absolute atomic E-state index is 9.65. The Balaban J connectivity index is 2.76. The average molecular weight is 241 g/mol. The molecular weight excluding hydrogens is 222 g/mol. The number of aromatic nitrogens is 2. The summed E-state index contributed by atoms with van der Waals surface area (Å²) in [5.74, 6) is 6.33. The Kier molecular flexibility index (Phi) is 5.08. The van der Waals surface area contributed by atoms with Gasteiger partial charge in [0.05, 0.1) is 12.7 Å². The largest absolute Gasteiger partial charge is 0.389 e. The molecule has 7 heteroatoms. The van der Waals surface area contributed by atoms with Crippen molar-refractivity contribution in [1.29, 1.82) is 0 Å². The van der Waals surface area contributed by atoms with Crippen LogP contribution in [-0.2, 0) is 4.74 Å². The van der Waals surface area contributed by atoms with E-state index in [1.807, 2.05) is 18.9 Å². The molecule has 0 aromatic carbocycles. The number of hydrogen-bond donors (Lipinski definition) is 3. The van der Waals surface area contributed by atoms with Crippen molar-refractivity contribution in [3.05, 3.63) is 11.8 Å². The topological polar surface area (TPSA) is 96.5 Å². The van der Waals surface area contributed by atoms with Gasteiger partial charge in [0.15, 0.2) is 0 Å². The van der Waals surface area contributed by atoms with E-state index in [0.717, 1.165) is 11.4 Å². The summed E-state index contributed by atoms with van der Waals surface area (Å²) in [4.78, 5) is 10.1. The van der Waals surface area contributed by atoms with E-state index in [2.05, 4.69) is 15.4 Å². The van der Waals surface area contributed by atoms with Crippen LogP contribution < -0.4 is 16.2 Å². The van der Waals surface area contributed by atoms with Gasteiger partial charge in [0, 0.05) is 32.5 Å². The van der Waals surface area contributed by atoms with Crippen molar-refractivity contribution < 1.29 is 9.84 Å². The minimum Gasteiger partial charge on any atom is -0.389 e. The van der Waals surface area contributed by atoms with Crippen molar-refractivity contribution in [3.8, 4) is 0 Å². The van der Waals surface area contributed by atoms with Gasteiger partial charge in [-0.15, -0.1) is 0 Å². The SMILES string of the molecule is COCC(O)CN(C)c1nc(NN)ncc1C. The lowest BCUT2D eigenvalue weighted by Gasteiger charge is -2.23. The number of aryl methyl sites for hydroxylation is 1. The Morgan fingerprint density at radius 2 is 2.35 bits per heavy atom. The zero-order valence-corrected chi connectivity index (χ0v) is 10.3. The Morgan fingerprint density at radius 1 is 1.65 bits per heavy atom. The number of likely N-dealkylation sites (N-methyl/N-ethyl adjacent to an activating group) is 1. The van der Waals surface area contributed by atoms with Crippen LogP contribution in [0.4, 0.5) is 11.8 Å². The highest BCUT2D eigenvalue weighted by molar-refractivity contribution is 5.48. The van der Waals surface area contributed by atoms with E-state index in [4.69, 9.17) is 10.6 Å². The summed E-state index contributed by atoms with van der Waals surface area (Å²) in [6.07, 6.45) is 1.12.